The SMILES string of the molecule is CC(C)(C)c1cc(-c2cccc(-c3ccccc3)c2N2c3cc4c(cc3B3c5c2cc(N(c2ccccc2)c2ccccc2)cc5-n2c5cc(-c6ccccc6)ccc5c5ccc(-c6ccccc6)c3c52)sc2ccc(-c3ccccc3)cc24)cc(C(C)(C)C)c1. The molecule has 4 heterocycles. The summed E-state index contributed by atoms with van der Waals surface area (Å²) in [5.41, 5.74) is 28.5. The molecule has 0 atom stereocenters. The van der Waals surface area contributed by atoms with Crippen LogP contribution in [0.1, 0.15) is 52.7 Å². The molecular formula is C86H66BN3S. The quantitative estimate of drug-likeness (QED) is 0.133. The number of nitrogens with zero attached hydrogens (tertiary/aromatic N) is 3. The Morgan fingerprint density at radius 3 is 1.43 bits per heavy atom. The van der Waals surface area contributed by atoms with Crippen molar-refractivity contribution in [3.63, 3.8) is 0 Å². The molecule has 0 saturated carbocycles. The monoisotopic (exact) mass is 1180 g/mol. The number of hydrogen-bond acceptors (Lipinski definition) is 3. The summed E-state index contributed by atoms with van der Waals surface area (Å²) in [6, 6.07) is 110. The van der Waals surface area contributed by atoms with Crippen molar-refractivity contribution in [1.29, 1.82) is 0 Å². The van der Waals surface area contributed by atoms with Crippen LogP contribution >= 0.6 is 11.3 Å². The van der Waals surface area contributed by atoms with Crippen molar-refractivity contribution in [2.45, 2.75) is 52.4 Å². The van der Waals surface area contributed by atoms with E-state index in [1.54, 1.807) is 0 Å². The summed E-state index contributed by atoms with van der Waals surface area (Å²) in [5, 5.41) is 4.99. The smallest absolute Gasteiger partial charge is 0.253 e. The van der Waals surface area contributed by atoms with Crippen molar-refractivity contribution in [3.05, 3.63) is 302 Å². The van der Waals surface area contributed by atoms with E-state index >= 15 is 0 Å². The lowest BCUT2D eigenvalue weighted by atomic mass is 9.33. The molecule has 13 aromatic carbocycles. The van der Waals surface area contributed by atoms with Crippen molar-refractivity contribution in [1.82, 2.24) is 4.57 Å². The van der Waals surface area contributed by atoms with Crippen molar-refractivity contribution >= 4 is 111 Å². The van der Waals surface area contributed by atoms with Crippen LogP contribution in [0.4, 0.5) is 34.1 Å². The second-order valence-electron chi connectivity index (χ2n) is 26.8. The zero-order chi connectivity index (χ0) is 61.3. The maximum Gasteiger partial charge on any atom is 0.253 e. The Morgan fingerprint density at radius 2 is 0.835 bits per heavy atom. The summed E-state index contributed by atoms with van der Waals surface area (Å²) in [7, 11) is 0. The molecule has 0 fully saturated rings. The second-order valence-corrected chi connectivity index (χ2v) is 27.9. The highest BCUT2D eigenvalue weighted by molar-refractivity contribution is 7.26. The maximum absolute atomic E-state index is 2.74. The van der Waals surface area contributed by atoms with E-state index in [2.05, 4.69) is 347 Å². The summed E-state index contributed by atoms with van der Waals surface area (Å²) in [6.45, 7) is 13.9. The second kappa shape index (κ2) is 21.1. The number of thiophene rings is 1. The molecule has 0 aliphatic carbocycles. The van der Waals surface area contributed by atoms with Gasteiger partial charge >= 0.3 is 0 Å². The van der Waals surface area contributed by atoms with Crippen LogP contribution in [0.2, 0.25) is 0 Å². The normalized spacial score (nSPS) is 12.7. The van der Waals surface area contributed by atoms with Gasteiger partial charge in [0.2, 0.25) is 0 Å². The molecule has 17 rings (SSSR count). The minimum absolute atomic E-state index is 0.122. The zero-order valence-corrected chi connectivity index (χ0v) is 52.9. The highest BCUT2D eigenvalue weighted by Crippen LogP contribution is 2.53. The van der Waals surface area contributed by atoms with E-state index in [9.17, 15) is 0 Å². The van der Waals surface area contributed by atoms with Crippen LogP contribution in [0.5, 0.6) is 0 Å². The van der Waals surface area contributed by atoms with Crippen LogP contribution in [0, 0.1) is 0 Å². The number of para-hydroxylation sites is 3. The topological polar surface area (TPSA) is 11.4 Å². The van der Waals surface area contributed by atoms with Gasteiger partial charge in [-0.1, -0.05) is 266 Å². The Morgan fingerprint density at radius 1 is 0.330 bits per heavy atom. The molecule has 5 heteroatoms. The zero-order valence-electron chi connectivity index (χ0n) is 52.0. The lowest BCUT2D eigenvalue weighted by Gasteiger charge is -2.43. The maximum atomic E-state index is 2.74. The fourth-order valence-electron chi connectivity index (χ4n) is 14.8. The van der Waals surface area contributed by atoms with Gasteiger partial charge in [-0.05, 0) is 150 Å². The van der Waals surface area contributed by atoms with E-state index in [-0.39, 0.29) is 17.5 Å². The van der Waals surface area contributed by atoms with Crippen LogP contribution in [0.3, 0.4) is 0 Å². The third-order valence-electron chi connectivity index (χ3n) is 19.2. The Kier molecular flexibility index (Phi) is 12.7. The fourth-order valence-corrected chi connectivity index (χ4v) is 15.9. The molecule has 2 aliphatic heterocycles. The Bertz CT molecular complexity index is 5280. The molecule has 2 aliphatic rings. The highest BCUT2D eigenvalue weighted by atomic mass is 32.1. The van der Waals surface area contributed by atoms with E-state index in [0.717, 1.165) is 39.6 Å². The minimum Gasteiger partial charge on any atom is -0.310 e. The molecular weight excluding hydrogens is 1120 g/mol. The van der Waals surface area contributed by atoms with Gasteiger partial charge in [-0.15, -0.1) is 11.3 Å². The van der Waals surface area contributed by atoms with Gasteiger partial charge in [-0.2, -0.15) is 0 Å². The molecule has 0 unspecified atom stereocenters. The van der Waals surface area contributed by atoms with Gasteiger partial charge < -0.3 is 14.4 Å². The number of aromatic nitrogens is 1. The van der Waals surface area contributed by atoms with Crippen molar-refractivity contribution in [3.8, 4) is 61.3 Å². The molecule has 3 nitrogen and oxygen atoms in total. The summed E-state index contributed by atoms with van der Waals surface area (Å²) >= 11 is 1.91. The van der Waals surface area contributed by atoms with Gasteiger partial charge in [0.25, 0.3) is 6.71 Å². The van der Waals surface area contributed by atoms with Crippen LogP contribution in [-0.2, 0) is 10.8 Å². The lowest BCUT2D eigenvalue weighted by Crippen LogP contribution is -2.61. The standard InChI is InChI=1S/C86H66BN3S/c1-85(2,3)62-46-61(47-63(50-62)86(4,5)6)69-39-25-38-68(58-32-19-10-20-33-58)83(69)90-76-53-73-72-48-59(55-26-13-7-14-27-55)41-45-79(72)91-80(73)54-74(76)87-81-67(57-30-17-9-18-31-57)43-44-71-70-42-40-60(56-28-15-8-16-29-56)49-75(70)89(84(71)81)77-51-66(52-78(90)82(77)87)88(64-34-21-11-22-35-64)65-36-23-12-24-37-65/h7-54H,1-6H3. The van der Waals surface area contributed by atoms with E-state index in [4.69, 9.17) is 0 Å². The Balaban J connectivity index is 1.09. The molecule has 0 radical (unpaired) electrons. The first kappa shape index (κ1) is 54.7. The number of rotatable bonds is 9. The van der Waals surface area contributed by atoms with E-state index in [0.29, 0.717) is 0 Å². The third-order valence-corrected chi connectivity index (χ3v) is 20.4. The number of fused-ring (bicyclic) bond motifs is 10. The van der Waals surface area contributed by atoms with Gasteiger partial charge in [0, 0.05) is 76.0 Å². The first-order chi connectivity index (χ1) is 44.4. The van der Waals surface area contributed by atoms with E-state index in [1.807, 2.05) is 11.3 Å². The summed E-state index contributed by atoms with van der Waals surface area (Å²) in [5.74, 6) is 0. The average Bonchev–Trinajstić information content (AvgIpc) is 1.65. The first-order valence-electron chi connectivity index (χ1n) is 31.9. The third kappa shape index (κ3) is 9.00. The highest BCUT2D eigenvalue weighted by Gasteiger charge is 2.45. The lowest BCUT2D eigenvalue weighted by molar-refractivity contribution is 0.569. The van der Waals surface area contributed by atoms with Gasteiger partial charge in [0.05, 0.1) is 16.9 Å². The van der Waals surface area contributed by atoms with Crippen LogP contribution in [0.15, 0.2) is 291 Å². The molecule has 0 saturated heterocycles. The molecule has 15 aromatic rings. The fraction of sp³-hybridized carbons (Fsp3) is 0.0930. The molecule has 0 N–H and O–H groups in total. The van der Waals surface area contributed by atoms with Gasteiger partial charge in [0.15, 0.2) is 0 Å². The van der Waals surface area contributed by atoms with E-state index in [1.165, 1.54) is 125 Å². The molecule has 0 bridgehead atoms. The number of hydrogen-bond donors (Lipinski definition) is 0. The van der Waals surface area contributed by atoms with Gasteiger partial charge in [-0.3, -0.25) is 0 Å². The van der Waals surface area contributed by atoms with Crippen molar-refractivity contribution in [2.75, 3.05) is 9.80 Å². The average molecular weight is 1180 g/mol. The van der Waals surface area contributed by atoms with Crippen LogP contribution in [0.25, 0.3) is 103 Å². The Hall–Kier alpha value is -10.5. The van der Waals surface area contributed by atoms with Crippen molar-refractivity contribution in [2.24, 2.45) is 0 Å². The molecule has 0 spiro atoms. The van der Waals surface area contributed by atoms with Crippen LogP contribution < -0.4 is 26.2 Å². The van der Waals surface area contributed by atoms with Crippen LogP contribution in [-0.4, -0.2) is 11.3 Å². The number of benzene rings is 13. The predicted molar refractivity (Wildman–Crippen MR) is 392 cm³/mol. The van der Waals surface area contributed by atoms with Gasteiger partial charge in [0.1, 0.15) is 0 Å². The molecule has 91 heavy (non-hydrogen) atoms. The Labute approximate surface area is 537 Å². The van der Waals surface area contributed by atoms with Gasteiger partial charge in [-0.25, -0.2) is 0 Å². The number of anilines is 6. The summed E-state index contributed by atoms with van der Waals surface area (Å²) < 4.78 is 5.22. The van der Waals surface area contributed by atoms with E-state index < -0.39 is 0 Å². The largest absolute Gasteiger partial charge is 0.310 e. The molecule has 434 valence electrons. The van der Waals surface area contributed by atoms with Crippen molar-refractivity contribution < 1.29 is 0 Å². The summed E-state index contributed by atoms with van der Waals surface area (Å²) in [6.07, 6.45) is 0. The minimum atomic E-state index is -0.199. The first-order valence-corrected chi connectivity index (χ1v) is 32.7. The predicted octanol–water partition coefficient (Wildman–Crippen LogP) is 22.2. The molecule has 0 amide bonds. The molecule has 2 aromatic heterocycles. The summed E-state index contributed by atoms with van der Waals surface area (Å²) in [4.78, 5) is 5.21.